The summed E-state index contributed by atoms with van der Waals surface area (Å²) in [6, 6.07) is 1.55. The lowest BCUT2D eigenvalue weighted by Gasteiger charge is -2.33. The standard InChI is InChI=1S/C19H23N5O3/c1-12-10-21-15(11-20-12)18-22-14(9-17(25)23-18)13-4-6-24(7-5-13)19(26)16-3-2-8-27-16/h9-11,13,16H,2-8H2,1H3,(H,22,23,25)/t16-/m0/s1. The molecule has 0 spiro atoms. The highest BCUT2D eigenvalue weighted by molar-refractivity contribution is 5.81. The predicted octanol–water partition coefficient (Wildman–Crippen LogP) is 1.42. The first-order valence-electron chi connectivity index (χ1n) is 9.41. The molecule has 0 saturated carbocycles. The number of carbonyl (C=O) groups is 1. The van der Waals surface area contributed by atoms with Crippen molar-refractivity contribution >= 4 is 5.91 Å². The lowest BCUT2D eigenvalue weighted by atomic mass is 9.93. The number of carbonyl (C=O) groups excluding carboxylic acids is 1. The number of hydrogen-bond donors (Lipinski definition) is 1. The van der Waals surface area contributed by atoms with Crippen molar-refractivity contribution in [2.45, 2.75) is 44.6 Å². The predicted molar refractivity (Wildman–Crippen MR) is 98.1 cm³/mol. The first-order chi connectivity index (χ1) is 13.1. The summed E-state index contributed by atoms with van der Waals surface area (Å²) in [4.78, 5) is 42.3. The number of likely N-dealkylation sites (tertiary alicyclic amines) is 1. The Labute approximate surface area is 157 Å². The smallest absolute Gasteiger partial charge is 0.251 e. The Hall–Kier alpha value is -2.61. The molecule has 27 heavy (non-hydrogen) atoms. The number of piperidine rings is 1. The minimum Gasteiger partial charge on any atom is -0.368 e. The van der Waals surface area contributed by atoms with E-state index in [2.05, 4.69) is 19.9 Å². The third kappa shape index (κ3) is 3.90. The van der Waals surface area contributed by atoms with Crippen molar-refractivity contribution in [1.29, 1.82) is 0 Å². The maximum Gasteiger partial charge on any atom is 0.251 e. The van der Waals surface area contributed by atoms with Crippen LogP contribution in [-0.2, 0) is 9.53 Å². The summed E-state index contributed by atoms with van der Waals surface area (Å²) < 4.78 is 5.51. The van der Waals surface area contributed by atoms with Crippen LogP contribution < -0.4 is 5.56 Å². The Morgan fingerprint density at radius 2 is 2.04 bits per heavy atom. The largest absolute Gasteiger partial charge is 0.368 e. The van der Waals surface area contributed by atoms with Gasteiger partial charge in [-0.05, 0) is 32.6 Å². The number of aromatic nitrogens is 4. The zero-order valence-corrected chi connectivity index (χ0v) is 15.4. The summed E-state index contributed by atoms with van der Waals surface area (Å²) in [6.45, 7) is 3.86. The van der Waals surface area contributed by atoms with E-state index < -0.39 is 0 Å². The highest BCUT2D eigenvalue weighted by Crippen LogP contribution is 2.28. The molecular weight excluding hydrogens is 346 g/mol. The molecule has 8 nitrogen and oxygen atoms in total. The molecule has 0 aliphatic carbocycles. The Morgan fingerprint density at radius 1 is 1.22 bits per heavy atom. The van der Waals surface area contributed by atoms with Crippen LogP contribution in [0, 0.1) is 6.92 Å². The minimum atomic E-state index is -0.272. The molecule has 0 bridgehead atoms. The average molecular weight is 369 g/mol. The van der Waals surface area contributed by atoms with Crippen molar-refractivity contribution in [3.8, 4) is 11.5 Å². The normalized spacial score (nSPS) is 20.8. The van der Waals surface area contributed by atoms with E-state index in [1.165, 1.54) is 0 Å². The number of ether oxygens (including phenoxy) is 1. The van der Waals surface area contributed by atoms with Crippen molar-refractivity contribution in [2.24, 2.45) is 0 Å². The second kappa shape index (κ2) is 7.56. The Bertz CT molecular complexity index is 866. The van der Waals surface area contributed by atoms with Gasteiger partial charge in [-0.1, -0.05) is 0 Å². The summed E-state index contributed by atoms with van der Waals surface area (Å²) in [5, 5.41) is 0. The van der Waals surface area contributed by atoms with E-state index in [1.807, 2.05) is 11.8 Å². The highest BCUT2D eigenvalue weighted by Gasteiger charge is 2.31. The van der Waals surface area contributed by atoms with Crippen molar-refractivity contribution in [3.63, 3.8) is 0 Å². The number of H-pyrrole nitrogens is 1. The van der Waals surface area contributed by atoms with Gasteiger partial charge in [0.2, 0.25) is 0 Å². The summed E-state index contributed by atoms with van der Waals surface area (Å²) in [5.41, 5.74) is 1.90. The van der Waals surface area contributed by atoms with Crippen LogP contribution >= 0.6 is 0 Å². The molecule has 2 aliphatic rings. The fourth-order valence-electron chi connectivity index (χ4n) is 3.69. The first-order valence-corrected chi connectivity index (χ1v) is 9.41. The average Bonchev–Trinajstić information content (AvgIpc) is 3.22. The van der Waals surface area contributed by atoms with Crippen LogP contribution in [0.4, 0.5) is 0 Å². The number of aromatic amines is 1. The van der Waals surface area contributed by atoms with Gasteiger partial charge < -0.3 is 14.6 Å². The van der Waals surface area contributed by atoms with Crippen molar-refractivity contribution < 1.29 is 9.53 Å². The van der Waals surface area contributed by atoms with Crippen LogP contribution in [0.3, 0.4) is 0 Å². The van der Waals surface area contributed by atoms with Gasteiger partial charge in [0.1, 0.15) is 11.8 Å². The van der Waals surface area contributed by atoms with Crippen molar-refractivity contribution in [3.05, 3.63) is 40.2 Å². The van der Waals surface area contributed by atoms with Gasteiger partial charge in [0.15, 0.2) is 5.82 Å². The molecule has 2 fully saturated rings. The molecule has 4 rings (SSSR count). The Balaban J connectivity index is 1.47. The topological polar surface area (TPSA) is 101 Å². The molecule has 2 saturated heterocycles. The van der Waals surface area contributed by atoms with E-state index >= 15 is 0 Å². The lowest BCUT2D eigenvalue weighted by molar-refractivity contribution is -0.142. The summed E-state index contributed by atoms with van der Waals surface area (Å²) in [5.74, 6) is 0.682. The number of nitrogens with one attached hydrogen (secondary N) is 1. The fraction of sp³-hybridized carbons (Fsp3) is 0.526. The van der Waals surface area contributed by atoms with E-state index in [0.717, 1.165) is 37.1 Å². The van der Waals surface area contributed by atoms with Gasteiger partial charge in [0.25, 0.3) is 11.5 Å². The van der Waals surface area contributed by atoms with E-state index in [9.17, 15) is 9.59 Å². The van der Waals surface area contributed by atoms with Crippen molar-refractivity contribution in [2.75, 3.05) is 19.7 Å². The molecule has 0 aromatic carbocycles. The van der Waals surface area contributed by atoms with Crippen LogP contribution in [-0.4, -0.2) is 56.5 Å². The third-order valence-electron chi connectivity index (χ3n) is 5.22. The molecule has 1 amide bonds. The van der Waals surface area contributed by atoms with Crippen LogP contribution in [0.5, 0.6) is 0 Å². The molecule has 4 heterocycles. The van der Waals surface area contributed by atoms with Gasteiger partial charge in [-0.2, -0.15) is 0 Å². The lowest BCUT2D eigenvalue weighted by Crippen LogP contribution is -2.43. The summed E-state index contributed by atoms with van der Waals surface area (Å²) in [6.07, 6.45) is 6.33. The Kier molecular flexibility index (Phi) is 4.98. The van der Waals surface area contributed by atoms with Gasteiger partial charge >= 0.3 is 0 Å². The number of rotatable bonds is 3. The van der Waals surface area contributed by atoms with E-state index in [4.69, 9.17) is 4.74 Å². The monoisotopic (exact) mass is 369 g/mol. The molecule has 8 heteroatoms. The van der Waals surface area contributed by atoms with E-state index in [-0.39, 0.29) is 23.5 Å². The molecule has 142 valence electrons. The second-order valence-corrected chi connectivity index (χ2v) is 7.16. The summed E-state index contributed by atoms with van der Waals surface area (Å²) in [7, 11) is 0. The minimum absolute atomic E-state index is 0.0976. The van der Waals surface area contributed by atoms with E-state index in [1.54, 1.807) is 18.5 Å². The van der Waals surface area contributed by atoms with Crippen LogP contribution in [0.25, 0.3) is 11.5 Å². The number of hydrogen-bond acceptors (Lipinski definition) is 6. The second-order valence-electron chi connectivity index (χ2n) is 7.16. The van der Waals surface area contributed by atoms with Gasteiger partial charge in [-0.3, -0.25) is 14.6 Å². The fourth-order valence-corrected chi connectivity index (χ4v) is 3.69. The Morgan fingerprint density at radius 3 is 2.70 bits per heavy atom. The van der Waals surface area contributed by atoms with Crippen LogP contribution in [0.2, 0.25) is 0 Å². The molecule has 1 N–H and O–H groups in total. The molecule has 1 atom stereocenters. The summed E-state index contributed by atoms with van der Waals surface area (Å²) >= 11 is 0. The molecule has 2 aromatic rings. The van der Waals surface area contributed by atoms with Gasteiger partial charge in [0, 0.05) is 37.9 Å². The zero-order chi connectivity index (χ0) is 18.8. The molecular formula is C19H23N5O3. The SMILES string of the molecule is Cc1cnc(-c2nc(C3CCN(C(=O)[C@@H]4CCCO4)CC3)cc(=O)[nH]2)cn1. The van der Waals surface area contributed by atoms with Gasteiger partial charge in [-0.15, -0.1) is 0 Å². The maximum absolute atomic E-state index is 12.5. The number of amides is 1. The maximum atomic E-state index is 12.5. The van der Waals surface area contributed by atoms with Crippen LogP contribution in [0.1, 0.15) is 43.0 Å². The van der Waals surface area contributed by atoms with Crippen molar-refractivity contribution in [1.82, 2.24) is 24.8 Å². The zero-order valence-electron chi connectivity index (χ0n) is 15.4. The molecule has 0 radical (unpaired) electrons. The molecule has 2 aliphatic heterocycles. The van der Waals surface area contributed by atoms with Gasteiger partial charge in [0.05, 0.1) is 17.6 Å². The number of nitrogens with zero attached hydrogens (tertiary/aromatic N) is 4. The van der Waals surface area contributed by atoms with Crippen LogP contribution in [0.15, 0.2) is 23.3 Å². The molecule has 0 unspecified atom stereocenters. The van der Waals surface area contributed by atoms with Gasteiger partial charge in [-0.25, -0.2) is 9.97 Å². The number of aryl methyl sites for hydroxylation is 1. The first kappa shape index (κ1) is 17.8. The highest BCUT2D eigenvalue weighted by atomic mass is 16.5. The third-order valence-corrected chi connectivity index (χ3v) is 5.22. The molecule has 2 aromatic heterocycles. The quantitative estimate of drug-likeness (QED) is 0.878. The van der Waals surface area contributed by atoms with E-state index in [0.29, 0.717) is 31.2 Å².